The Bertz CT molecular complexity index is 869. The maximum Gasteiger partial charge on any atom is 0.335 e. The lowest BCUT2D eigenvalue weighted by molar-refractivity contribution is -0.165. The highest BCUT2D eigenvalue weighted by atomic mass is 16.5. The molecule has 8 nitrogen and oxygen atoms in total. The molecule has 0 spiro atoms. The third-order valence-corrected chi connectivity index (χ3v) is 5.47. The van der Waals surface area contributed by atoms with Gasteiger partial charge in [-0.3, -0.25) is 0 Å². The average Bonchev–Trinajstić information content (AvgIpc) is 2.99. The normalized spacial score (nSPS) is 18.1. The van der Waals surface area contributed by atoms with Crippen LogP contribution in [0, 0.1) is 0 Å². The molecule has 2 aromatic carbocycles. The molecule has 174 valence electrons. The average molecular weight is 446 g/mol. The van der Waals surface area contributed by atoms with Crippen LogP contribution in [0.3, 0.4) is 0 Å². The molecule has 1 aliphatic carbocycles. The number of carboxylic acid groups (broad SMARTS) is 2. The van der Waals surface area contributed by atoms with Crippen molar-refractivity contribution >= 4 is 11.9 Å². The van der Waals surface area contributed by atoms with E-state index < -0.39 is 24.1 Å². The molecule has 0 fully saturated rings. The number of rotatable bonds is 7. The Labute approximate surface area is 187 Å². The molecule has 1 aliphatic rings. The van der Waals surface area contributed by atoms with Gasteiger partial charge in [0, 0.05) is 12.1 Å². The van der Waals surface area contributed by atoms with Crippen LogP contribution < -0.4 is 10.1 Å². The third kappa shape index (κ3) is 7.33. The van der Waals surface area contributed by atoms with Crippen LogP contribution in [0.5, 0.6) is 5.75 Å². The zero-order valence-electron chi connectivity index (χ0n) is 18.3. The summed E-state index contributed by atoms with van der Waals surface area (Å²) in [5, 5.41) is 36.3. The Morgan fingerprint density at radius 2 is 1.62 bits per heavy atom. The topological polar surface area (TPSA) is 136 Å². The Morgan fingerprint density at radius 3 is 2.19 bits per heavy atom. The van der Waals surface area contributed by atoms with Crippen LogP contribution in [0.1, 0.15) is 42.5 Å². The Kier molecular flexibility index (Phi) is 9.64. The van der Waals surface area contributed by atoms with Crippen molar-refractivity contribution < 1.29 is 34.8 Å². The number of aryl methyl sites for hydroxylation is 1. The molecular formula is C24H31NO7. The molecule has 0 aromatic heterocycles. The number of methoxy groups -OCH3 is 1. The molecule has 0 amide bonds. The summed E-state index contributed by atoms with van der Waals surface area (Å²) in [7, 11) is 1.74. The molecule has 4 atom stereocenters. The van der Waals surface area contributed by atoms with E-state index in [-0.39, 0.29) is 0 Å². The molecule has 0 bridgehead atoms. The fraction of sp³-hybridized carbons (Fsp3) is 0.417. The summed E-state index contributed by atoms with van der Waals surface area (Å²) in [4.78, 5) is 19.5. The second-order valence-corrected chi connectivity index (χ2v) is 7.79. The first-order valence-electron chi connectivity index (χ1n) is 10.5. The summed E-state index contributed by atoms with van der Waals surface area (Å²) in [6.45, 7) is 2.26. The minimum Gasteiger partial charge on any atom is -0.497 e. The van der Waals surface area contributed by atoms with Crippen LogP contribution in [0.2, 0.25) is 0 Å². The van der Waals surface area contributed by atoms with E-state index in [9.17, 15) is 9.59 Å². The van der Waals surface area contributed by atoms with Crippen LogP contribution in [0.15, 0.2) is 48.5 Å². The molecule has 0 saturated carbocycles. The molecule has 0 saturated heterocycles. The Morgan fingerprint density at radius 1 is 1.00 bits per heavy atom. The molecule has 32 heavy (non-hydrogen) atoms. The van der Waals surface area contributed by atoms with Crippen LogP contribution in [0.25, 0.3) is 0 Å². The van der Waals surface area contributed by atoms with Crippen molar-refractivity contribution in [1.29, 1.82) is 0 Å². The van der Waals surface area contributed by atoms with E-state index in [0.717, 1.165) is 12.2 Å². The molecule has 0 heterocycles. The van der Waals surface area contributed by atoms with Crippen molar-refractivity contribution in [2.45, 2.75) is 56.9 Å². The van der Waals surface area contributed by atoms with E-state index in [0.29, 0.717) is 12.1 Å². The van der Waals surface area contributed by atoms with E-state index in [4.69, 9.17) is 25.2 Å². The van der Waals surface area contributed by atoms with Crippen LogP contribution in [-0.4, -0.2) is 57.7 Å². The first kappa shape index (κ1) is 25.3. The molecule has 5 N–H and O–H groups in total. The number of ether oxygens (including phenoxy) is 1. The van der Waals surface area contributed by atoms with Crippen molar-refractivity contribution in [3.63, 3.8) is 0 Å². The second-order valence-electron chi connectivity index (χ2n) is 7.79. The predicted octanol–water partition coefficient (Wildman–Crippen LogP) is 2.17. The van der Waals surface area contributed by atoms with Crippen molar-refractivity contribution in [1.82, 2.24) is 5.32 Å². The van der Waals surface area contributed by atoms with Gasteiger partial charge >= 0.3 is 11.9 Å². The van der Waals surface area contributed by atoms with E-state index in [1.807, 2.05) is 0 Å². The minimum atomic E-state index is -2.27. The fourth-order valence-corrected chi connectivity index (χ4v) is 3.67. The van der Waals surface area contributed by atoms with Gasteiger partial charge in [0.05, 0.1) is 7.11 Å². The highest BCUT2D eigenvalue weighted by molar-refractivity contribution is 5.83. The fourth-order valence-electron chi connectivity index (χ4n) is 3.67. The summed E-state index contributed by atoms with van der Waals surface area (Å²) >= 11 is 0. The lowest BCUT2D eigenvalue weighted by Crippen LogP contribution is -2.39. The van der Waals surface area contributed by atoms with Gasteiger partial charge in [-0.1, -0.05) is 36.4 Å². The molecule has 0 unspecified atom stereocenters. The van der Waals surface area contributed by atoms with Gasteiger partial charge in [0.25, 0.3) is 0 Å². The van der Waals surface area contributed by atoms with Crippen molar-refractivity contribution in [2.75, 3.05) is 7.11 Å². The lowest BCUT2D eigenvalue weighted by Gasteiger charge is -2.23. The standard InChI is InChI=1S/C20H25NO.C4H6O6/c1-15(16-7-4-3-5-8-16)21-19-10-6-9-17-11-12-20(22-2)14-18(17)13-19;5-1(3(7)8)2(6)4(9)10/h3-5,7-8,11-12,14-15,19,21H,6,9-10,13H2,1-2H3;1-2,5-6H,(H,7,8)(H,9,10)/t15-,19-;1-,2-/m11/s1. The van der Waals surface area contributed by atoms with Crippen molar-refractivity contribution in [3.8, 4) is 5.75 Å². The number of carboxylic acids is 2. The smallest absolute Gasteiger partial charge is 0.335 e. The van der Waals surface area contributed by atoms with E-state index >= 15 is 0 Å². The quantitative estimate of drug-likeness (QED) is 0.409. The maximum atomic E-state index is 9.77. The number of nitrogens with one attached hydrogen (secondary N) is 1. The highest BCUT2D eigenvalue weighted by Gasteiger charge is 2.29. The Balaban J connectivity index is 0.000000309. The maximum absolute atomic E-state index is 9.77. The molecule has 8 heteroatoms. The lowest BCUT2D eigenvalue weighted by atomic mass is 10.00. The van der Waals surface area contributed by atoms with Gasteiger partial charge in [-0.05, 0) is 61.4 Å². The van der Waals surface area contributed by atoms with Crippen molar-refractivity contribution in [3.05, 3.63) is 65.2 Å². The molecular weight excluding hydrogens is 414 g/mol. The molecule has 3 rings (SSSR count). The largest absolute Gasteiger partial charge is 0.497 e. The molecule has 0 aliphatic heterocycles. The van der Waals surface area contributed by atoms with Gasteiger partial charge < -0.3 is 30.5 Å². The summed E-state index contributed by atoms with van der Waals surface area (Å²) in [5.41, 5.74) is 4.28. The Hall–Kier alpha value is -2.94. The summed E-state index contributed by atoms with van der Waals surface area (Å²) in [6, 6.07) is 18.1. The van der Waals surface area contributed by atoms with Gasteiger partial charge in [-0.15, -0.1) is 0 Å². The van der Waals surface area contributed by atoms with E-state index in [1.165, 1.54) is 36.0 Å². The van der Waals surface area contributed by atoms with Gasteiger partial charge in [-0.25, -0.2) is 9.59 Å². The second kappa shape index (κ2) is 12.2. The van der Waals surface area contributed by atoms with Gasteiger partial charge in [0.1, 0.15) is 5.75 Å². The number of aliphatic hydroxyl groups is 2. The van der Waals surface area contributed by atoms with Crippen molar-refractivity contribution in [2.24, 2.45) is 0 Å². The summed E-state index contributed by atoms with van der Waals surface area (Å²) in [5.74, 6) is -2.57. The monoisotopic (exact) mass is 445 g/mol. The van der Waals surface area contributed by atoms with Crippen LogP contribution in [0.4, 0.5) is 0 Å². The number of hydrogen-bond donors (Lipinski definition) is 5. The summed E-state index contributed by atoms with van der Waals surface area (Å²) < 4.78 is 5.39. The third-order valence-electron chi connectivity index (χ3n) is 5.47. The molecule has 0 radical (unpaired) electrons. The first-order chi connectivity index (χ1) is 15.2. The number of fused-ring (bicyclic) bond motifs is 1. The first-order valence-corrected chi connectivity index (χ1v) is 10.5. The SMILES string of the molecule is COc1ccc2c(c1)C[C@H](N[C@H](C)c1ccccc1)CCC2.O=C(O)[C@H](O)[C@@H](O)C(=O)O. The number of hydrogen-bond acceptors (Lipinski definition) is 6. The number of aliphatic carboxylic acids is 2. The van der Waals surface area contributed by atoms with Crippen LogP contribution in [-0.2, 0) is 22.4 Å². The minimum absolute atomic E-state index is 0.387. The predicted molar refractivity (Wildman–Crippen MR) is 119 cm³/mol. The van der Waals surface area contributed by atoms with Gasteiger partial charge in [0.2, 0.25) is 0 Å². The number of carbonyl (C=O) groups is 2. The van der Waals surface area contributed by atoms with Crippen LogP contribution >= 0.6 is 0 Å². The van der Waals surface area contributed by atoms with E-state index in [1.54, 1.807) is 7.11 Å². The molecule has 2 aromatic rings. The number of aliphatic hydroxyl groups excluding tert-OH is 2. The van der Waals surface area contributed by atoms with E-state index in [2.05, 4.69) is 60.8 Å². The zero-order chi connectivity index (χ0) is 23.7. The number of benzene rings is 2. The van der Waals surface area contributed by atoms with Gasteiger partial charge in [-0.2, -0.15) is 0 Å². The highest BCUT2D eigenvalue weighted by Crippen LogP contribution is 2.26. The van der Waals surface area contributed by atoms with Gasteiger partial charge in [0.15, 0.2) is 12.2 Å². The zero-order valence-corrected chi connectivity index (χ0v) is 18.3. The summed E-state index contributed by atoms with van der Waals surface area (Å²) in [6.07, 6.45) is 0.211.